The fourth-order valence-corrected chi connectivity index (χ4v) is 3.34. The maximum absolute atomic E-state index is 11.4. The number of hydrogen-bond donors (Lipinski definition) is 4. The zero-order valence-corrected chi connectivity index (χ0v) is 14.8. The molecule has 0 saturated carbocycles. The third-order valence-corrected chi connectivity index (χ3v) is 5.31. The highest BCUT2D eigenvalue weighted by Crippen LogP contribution is 2.39. The summed E-state index contributed by atoms with van der Waals surface area (Å²) in [4.78, 5) is -0.336. The minimum atomic E-state index is -4.58. The van der Waals surface area contributed by atoms with E-state index in [0.29, 0.717) is 23.2 Å². The molecule has 0 bridgehead atoms. The van der Waals surface area contributed by atoms with Crippen LogP contribution in [0.4, 0.5) is 0 Å². The van der Waals surface area contributed by atoms with Gasteiger partial charge in [0.1, 0.15) is 16.4 Å². The van der Waals surface area contributed by atoms with Gasteiger partial charge in [0, 0.05) is 5.41 Å². The van der Waals surface area contributed by atoms with Gasteiger partial charge in [-0.15, -0.1) is 4.33 Å². The van der Waals surface area contributed by atoms with Gasteiger partial charge in [-0.25, -0.2) is 5.26 Å². The molecule has 0 aliphatic heterocycles. The molecule has 10 heteroatoms. The van der Waals surface area contributed by atoms with E-state index < -0.39 is 26.2 Å². The summed E-state index contributed by atoms with van der Waals surface area (Å²) in [6, 6.07) is 8.48. The fourth-order valence-electron chi connectivity index (χ4n) is 2.30. The Morgan fingerprint density at radius 1 is 1.00 bits per heavy atom. The molecule has 0 fully saturated rings. The van der Waals surface area contributed by atoms with Crippen molar-refractivity contribution in [3.05, 3.63) is 47.5 Å². The molecule has 0 aromatic heterocycles. The molecule has 2 aromatic carbocycles. The van der Waals surface area contributed by atoms with Crippen LogP contribution in [0.2, 0.25) is 0 Å². The lowest BCUT2D eigenvalue weighted by Gasteiger charge is -2.27. The molecule has 2 aromatic rings. The molecule has 2 rings (SSSR count). The molecular formula is C15H16O8S2. The van der Waals surface area contributed by atoms with E-state index in [9.17, 15) is 23.2 Å². The van der Waals surface area contributed by atoms with E-state index in [4.69, 9.17) is 5.26 Å². The van der Waals surface area contributed by atoms with Crippen molar-refractivity contribution in [1.29, 1.82) is 0 Å². The SMILES string of the molecule is CC(C)(c1ccc(O)c(SOOO)c1)c1ccc(O)c(S(=O)(=O)O)c1. The first-order valence-electron chi connectivity index (χ1n) is 6.86. The minimum absolute atomic E-state index is 0.106. The average Bonchev–Trinajstić information content (AvgIpc) is 2.53. The van der Waals surface area contributed by atoms with E-state index in [1.165, 1.54) is 24.3 Å². The van der Waals surface area contributed by atoms with Crippen molar-refractivity contribution in [3.63, 3.8) is 0 Å². The fraction of sp³-hybridized carbons (Fsp3) is 0.200. The monoisotopic (exact) mass is 388 g/mol. The van der Waals surface area contributed by atoms with Crippen LogP contribution >= 0.6 is 12.0 Å². The first kappa shape index (κ1) is 19.5. The van der Waals surface area contributed by atoms with Crippen molar-refractivity contribution in [2.75, 3.05) is 0 Å². The van der Waals surface area contributed by atoms with Gasteiger partial charge in [-0.05, 0) is 35.4 Å². The van der Waals surface area contributed by atoms with Crippen LogP contribution in [-0.4, -0.2) is 28.4 Å². The van der Waals surface area contributed by atoms with E-state index in [1.807, 2.05) is 0 Å². The van der Waals surface area contributed by atoms with Crippen LogP contribution in [0.3, 0.4) is 0 Å². The molecule has 4 N–H and O–H groups in total. The highest BCUT2D eigenvalue weighted by Gasteiger charge is 2.27. The minimum Gasteiger partial charge on any atom is -0.507 e. The second-order valence-electron chi connectivity index (χ2n) is 5.69. The van der Waals surface area contributed by atoms with Crippen LogP contribution in [0.5, 0.6) is 11.5 Å². The predicted molar refractivity (Wildman–Crippen MR) is 88.8 cm³/mol. The van der Waals surface area contributed by atoms with Crippen molar-refractivity contribution in [3.8, 4) is 11.5 Å². The third kappa shape index (κ3) is 4.24. The lowest BCUT2D eigenvalue weighted by molar-refractivity contribution is -0.432. The lowest BCUT2D eigenvalue weighted by Crippen LogP contribution is -2.19. The topological polar surface area (TPSA) is 134 Å². The number of phenolic OH excluding ortho intramolecular Hbond substituents is 2. The molecule has 0 heterocycles. The van der Waals surface area contributed by atoms with E-state index in [-0.39, 0.29) is 10.6 Å². The van der Waals surface area contributed by atoms with Crippen LogP contribution in [0.15, 0.2) is 46.2 Å². The van der Waals surface area contributed by atoms with E-state index in [1.54, 1.807) is 26.0 Å². The average molecular weight is 388 g/mol. The van der Waals surface area contributed by atoms with Crippen molar-refractivity contribution in [2.45, 2.75) is 29.1 Å². The Labute approximate surface area is 148 Å². The molecule has 8 nitrogen and oxygen atoms in total. The molecule has 25 heavy (non-hydrogen) atoms. The Kier molecular flexibility index (Phi) is 5.62. The molecular weight excluding hydrogens is 372 g/mol. The molecule has 0 unspecified atom stereocenters. The van der Waals surface area contributed by atoms with Crippen LogP contribution < -0.4 is 0 Å². The van der Waals surface area contributed by atoms with Crippen molar-refractivity contribution in [1.82, 2.24) is 0 Å². The molecule has 0 spiro atoms. The number of hydrogen-bond acceptors (Lipinski definition) is 8. The van der Waals surface area contributed by atoms with E-state index >= 15 is 0 Å². The number of rotatable bonds is 6. The van der Waals surface area contributed by atoms with Gasteiger partial charge in [0.2, 0.25) is 0 Å². The maximum atomic E-state index is 11.4. The van der Waals surface area contributed by atoms with Gasteiger partial charge in [-0.3, -0.25) is 4.55 Å². The second kappa shape index (κ2) is 7.20. The predicted octanol–water partition coefficient (Wildman–Crippen LogP) is 3.10. The normalized spacial score (nSPS) is 12.3. The summed E-state index contributed by atoms with van der Waals surface area (Å²) in [6.07, 6.45) is 0. The first-order chi connectivity index (χ1) is 11.6. The quantitative estimate of drug-likeness (QED) is 0.255. The summed E-state index contributed by atoms with van der Waals surface area (Å²) in [6.45, 7) is 3.58. The molecule has 0 aliphatic rings. The van der Waals surface area contributed by atoms with Crippen LogP contribution in [-0.2, 0) is 24.9 Å². The van der Waals surface area contributed by atoms with Gasteiger partial charge < -0.3 is 10.2 Å². The molecule has 136 valence electrons. The zero-order valence-electron chi connectivity index (χ0n) is 13.2. The number of phenols is 2. The Balaban J connectivity index is 2.52. The summed E-state index contributed by atoms with van der Waals surface area (Å²) in [5.74, 6) is -0.663. The Hall–Kier alpha value is -1.82. The Morgan fingerprint density at radius 3 is 2.12 bits per heavy atom. The summed E-state index contributed by atoms with van der Waals surface area (Å²) < 4.78 is 36.3. The Bertz CT molecular complexity index is 877. The number of aromatic hydroxyl groups is 2. The summed E-state index contributed by atoms with van der Waals surface area (Å²) >= 11 is 0.584. The first-order valence-corrected chi connectivity index (χ1v) is 9.04. The maximum Gasteiger partial charge on any atom is 0.298 e. The van der Waals surface area contributed by atoms with Crippen LogP contribution in [0.25, 0.3) is 0 Å². The highest BCUT2D eigenvalue weighted by atomic mass is 32.2. The molecule has 0 aliphatic carbocycles. The molecule has 0 atom stereocenters. The highest BCUT2D eigenvalue weighted by molar-refractivity contribution is 7.94. The van der Waals surface area contributed by atoms with Gasteiger partial charge in [-0.1, -0.05) is 31.0 Å². The van der Waals surface area contributed by atoms with E-state index in [2.05, 4.69) is 9.37 Å². The van der Waals surface area contributed by atoms with Crippen molar-refractivity contribution >= 4 is 22.2 Å². The summed E-state index contributed by atoms with van der Waals surface area (Å²) in [5.41, 5.74) is 0.413. The van der Waals surface area contributed by atoms with Gasteiger partial charge >= 0.3 is 0 Å². The molecule has 0 saturated heterocycles. The lowest BCUT2D eigenvalue weighted by atomic mass is 9.78. The largest absolute Gasteiger partial charge is 0.507 e. The summed E-state index contributed by atoms with van der Waals surface area (Å²) in [7, 11) is -4.58. The van der Waals surface area contributed by atoms with Crippen molar-refractivity contribution < 1.29 is 37.8 Å². The van der Waals surface area contributed by atoms with Gasteiger partial charge in [0.25, 0.3) is 10.1 Å². The zero-order chi connectivity index (χ0) is 18.8. The molecule has 0 radical (unpaired) electrons. The van der Waals surface area contributed by atoms with E-state index in [0.717, 1.165) is 0 Å². The van der Waals surface area contributed by atoms with Gasteiger partial charge in [0.15, 0.2) is 0 Å². The van der Waals surface area contributed by atoms with Gasteiger partial charge in [-0.2, -0.15) is 8.42 Å². The van der Waals surface area contributed by atoms with Gasteiger partial charge in [0.05, 0.1) is 16.9 Å². The number of benzene rings is 2. The van der Waals surface area contributed by atoms with Crippen LogP contribution in [0.1, 0.15) is 25.0 Å². The van der Waals surface area contributed by atoms with Crippen LogP contribution in [0, 0.1) is 0 Å². The molecule has 0 amide bonds. The Morgan fingerprint density at radius 2 is 1.56 bits per heavy atom. The standard InChI is InChI=1S/C15H16O8S2/c1-15(2,9-3-5-11(16)13(7-9)24-23-22-18)10-4-6-12(17)14(8-10)25(19,20)21/h3-8,16-18H,1-2H3,(H,19,20,21). The third-order valence-electron chi connectivity index (χ3n) is 3.80. The second-order valence-corrected chi connectivity index (χ2v) is 7.82. The van der Waals surface area contributed by atoms with Crippen molar-refractivity contribution in [2.24, 2.45) is 0 Å². The smallest absolute Gasteiger partial charge is 0.298 e. The summed E-state index contributed by atoms with van der Waals surface area (Å²) in [5, 5.41) is 31.2.